The van der Waals surface area contributed by atoms with Gasteiger partial charge in [0, 0.05) is 7.05 Å². The first-order valence-electron chi connectivity index (χ1n) is 4.07. The van der Waals surface area contributed by atoms with Crippen molar-refractivity contribution in [1.82, 2.24) is 24.4 Å². The van der Waals surface area contributed by atoms with E-state index in [-0.39, 0.29) is 5.69 Å². The van der Waals surface area contributed by atoms with Gasteiger partial charge in [0.1, 0.15) is 19.1 Å². The first kappa shape index (κ1) is 9.31. The number of imidazole rings is 1. The van der Waals surface area contributed by atoms with Crippen molar-refractivity contribution in [2.45, 2.75) is 0 Å². The van der Waals surface area contributed by atoms with Crippen molar-refractivity contribution in [3.05, 3.63) is 22.5 Å². The van der Waals surface area contributed by atoms with E-state index in [1.54, 1.807) is 0 Å². The first-order valence-corrected chi connectivity index (χ1v) is 4.07. The van der Waals surface area contributed by atoms with Crippen molar-refractivity contribution in [3.63, 3.8) is 0 Å². The van der Waals surface area contributed by atoms with Crippen LogP contribution in [0.4, 0.5) is 0 Å². The van der Waals surface area contributed by atoms with Crippen LogP contribution < -0.4 is 5.69 Å². The number of hydrogen-bond donors (Lipinski definition) is 0. The van der Waals surface area contributed by atoms with E-state index in [2.05, 4.69) is 25.3 Å². The van der Waals surface area contributed by atoms with E-state index < -0.39 is 0 Å². The van der Waals surface area contributed by atoms with Crippen molar-refractivity contribution in [2.75, 3.05) is 7.11 Å². The van der Waals surface area contributed by atoms with E-state index in [9.17, 15) is 4.79 Å². The summed E-state index contributed by atoms with van der Waals surface area (Å²) in [5.74, 6) is 0. The smallest absolute Gasteiger partial charge is 0.352 e. The highest BCUT2D eigenvalue weighted by molar-refractivity contribution is 5.84. The summed E-state index contributed by atoms with van der Waals surface area (Å²) in [6.45, 7) is 0. The van der Waals surface area contributed by atoms with Gasteiger partial charge in [-0.25, -0.2) is 14.2 Å². The van der Waals surface area contributed by atoms with E-state index in [1.165, 1.54) is 31.1 Å². The molecule has 0 saturated heterocycles. The highest BCUT2D eigenvalue weighted by atomic mass is 16.6. The second kappa shape index (κ2) is 3.48. The quantitative estimate of drug-likeness (QED) is 0.457. The number of hydrogen-bond acceptors (Lipinski definition) is 6. The summed E-state index contributed by atoms with van der Waals surface area (Å²) < 4.78 is 2.40. The third-order valence-corrected chi connectivity index (χ3v) is 1.81. The zero-order chi connectivity index (χ0) is 10.8. The summed E-state index contributed by atoms with van der Waals surface area (Å²) in [5.41, 5.74) is 0.463. The van der Waals surface area contributed by atoms with Crippen molar-refractivity contribution >= 4 is 11.9 Å². The van der Waals surface area contributed by atoms with Crippen LogP contribution in [0, 0.1) is 0 Å². The van der Waals surface area contributed by atoms with Crippen LogP contribution in [-0.2, 0) is 11.9 Å². The number of nitrogens with zero attached hydrogens (tertiary/aromatic N) is 6. The average Bonchev–Trinajstić information content (AvgIpc) is 2.64. The third-order valence-electron chi connectivity index (χ3n) is 1.81. The highest BCUT2D eigenvalue weighted by Gasteiger charge is 2.07. The maximum atomic E-state index is 11.5. The predicted octanol–water partition coefficient (Wildman–Crippen LogP) is -1.20. The molecule has 0 aliphatic carbocycles. The van der Waals surface area contributed by atoms with E-state index in [1.807, 2.05) is 0 Å². The Morgan fingerprint density at radius 3 is 3.13 bits per heavy atom. The number of oxime groups is 1. The van der Waals surface area contributed by atoms with E-state index in [0.717, 1.165) is 4.68 Å². The summed E-state index contributed by atoms with van der Waals surface area (Å²) in [6.07, 6.45) is 2.73. The van der Waals surface area contributed by atoms with Gasteiger partial charge < -0.3 is 4.84 Å². The van der Waals surface area contributed by atoms with Crippen LogP contribution in [0.5, 0.6) is 0 Å². The number of fused-ring (bicyclic) bond motifs is 1. The Labute approximate surface area is 83.8 Å². The van der Waals surface area contributed by atoms with Gasteiger partial charge in [0.05, 0.1) is 6.21 Å². The molecule has 0 spiro atoms. The molecule has 2 rings (SSSR count). The van der Waals surface area contributed by atoms with Crippen LogP contribution in [0.1, 0.15) is 5.69 Å². The Bertz CT molecular complexity index is 568. The summed E-state index contributed by atoms with van der Waals surface area (Å²) in [6, 6.07) is 0. The first-order chi connectivity index (χ1) is 7.24. The van der Waals surface area contributed by atoms with Gasteiger partial charge in [-0.15, -0.1) is 5.10 Å². The fraction of sp³-hybridized carbons (Fsp3) is 0.286. The fourth-order valence-electron chi connectivity index (χ4n) is 1.09. The third kappa shape index (κ3) is 1.45. The average molecular weight is 208 g/mol. The van der Waals surface area contributed by atoms with Crippen LogP contribution >= 0.6 is 0 Å². The lowest BCUT2D eigenvalue weighted by Crippen LogP contribution is -2.27. The van der Waals surface area contributed by atoms with Gasteiger partial charge in [0.2, 0.25) is 0 Å². The summed E-state index contributed by atoms with van der Waals surface area (Å²) >= 11 is 0. The van der Waals surface area contributed by atoms with Crippen LogP contribution in [0.2, 0.25) is 0 Å². The molecule has 2 aromatic rings. The number of aryl methyl sites for hydroxylation is 1. The molecule has 0 bridgehead atoms. The highest BCUT2D eigenvalue weighted by Crippen LogP contribution is 1.98. The predicted molar refractivity (Wildman–Crippen MR) is 50.6 cm³/mol. The molecule has 0 aromatic carbocycles. The van der Waals surface area contributed by atoms with Gasteiger partial charge in [0.15, 0.2) is 5.65 Å². The number of aromatic nitrogens is 5. The van der Waals surface area contributed by atoms with Crippen molar-refractivity contribution in [3.8, 4) is 0 Å². The molecule has 8 nitrogen and oxygen atoms in total. The van der Waals surface area contributed by atoms with Crippen molar-refractivity contribution < 1.29 is 4.84 Å². The minimum atomic E-state index is -0.315. The Morgan fingerprint density at radius 1 is 1.60 bits per heavy atom. The molecule has 2 heterocycles. The summed E-state index contributed by atoms with van der Waals surface area (Å²) in [5, 5.41) is 11.0. The standard InChI is InChI=1S/C7H8N6O2/c1-12-7(14)13-4-8-5(3-9-15-2)6(13)10-11-12/h3-4H,1-2H3/b9-3-. The fourth-order valence-corrected chi connectivity index (χ4v) is 1.09. The molecule has 78 valence electrons. The van der Waals surface area contributed by atoms with Crippen molar-refractivity contribution in [2.24, 2.45) is 12.2 Å². The lowest BCUT2D eigenvalue weighted by molar-refractivity contribution is 0.215. The van der Waals surface area contributed by atoms with E-state index in [0.29, 0.717) is 11.3 Å². The monoisotopic (exact) mass is 208 g/mol. The van der Waals surface area contributed by atoms with Crippen LogP contribution in [0.3, 0.4) is 0 Å². The zero-order valence-electron chi connectivity index (χ0n) is 8.15. The van der Waals surface area contributed by atoms with Crippen molar-refractivity contribution in [1.29, 1.82) is 0 Å². The van der Waals surface area contributed by atoms with Crippen LogP contribution in [0.25, 0.3) is 5.65 Å². The molecule has 15 heavy (non-hydrogen) atoms. The largest absolute Gasteiger partial charge is 0.399 e. The van der Waals surface area contributed by atoms with Gasteiger partial charge in [-0.3, -0.25) is 0 Å². The molecule has 0 fully saturated rings. The molecular formula is C7H8N6O2. The molecule has 0 atom stereocenters. The molecule has 0 aliphatic rings. The number of rotatable bonds is 2. The van der Waals surface area contributed by atoms with Gasteiger partial charge in [0.25, 0.3) is 0 Å². The molecule has 0 unspecified atom stereocenters. The second-order valence-electron chi connectivity index (χ2n) is 2.74. The van der Waals surface area contributed by atoms with Gasteiger partial charge in [-0.2, -0.15) is 4.68 Å². The molecule has 0 N–H and O–H groups in total. The Morgan fingerprint density at radius 2 is 2.40 bits per heavy atom. The van der Waals surface area contributed by atoms with Crippen LogP contribution in [0.15, 0.2) is 16.3 Å². The Balaban J connectivity index is 2.67. The zero-order valence-corrected chi connectivity index (χ0v) is 8.15. The molecule has 8 heteroatoms. The molecule has 0 radical (unpaired) electrons. The molecular weight excluding hydrogens is 200 g/mol. The minimum absolute atomic E-state index is 0.315. The topological polar surface area (TPSA) is 86.7 Å². The van der Waals surface area contributed by atoms with Gasteiger partial charge >= 0.3 is 5.69 Å². The summed E-state index contributed by atoms with van der Waals surface area (Å²) in [7, 11) is 2.93. The molecule has 0 aliphatic heterocycles. The Hall–Kier alpha value is -2.25. The molecule has 0 saturated carbocycles. The molecule has 2 aromatic heterocycles. The van der Waals surface area contributed by atoms with Crippen LogP contribution in [-0.4, -0.2) is 37.7 Å². The van der Waals surface area contributed by atoms with E-state index in [4.69, 9.17) is 0 Å². The minimum Gasteiger partial charge on any atom is -0.399 e. The normalized spacial score (nSPS) is 11.3. The maximum absolute atomic E-state index is 11.5. The SMILES string of the molecule is CO/N=C\c1ncn2c(=O)n(C)nnc12. The maximum Gasteiger partial charge on any atom is 0.352 e. The summed E-state index contributed by atoms with van der Waals surface area (Å²) in [4.78, 5) is 20.0. The van der Waals surface area contributed by atoms with E-state index >= 15 is 0 Å². The second-order valence-corrected chi connectivity index (χ2v) is 2.74. The lowest BCUT2D eigenvalue weighted by Gasteiger charge is -1.94. The lowest BCUT2D eigenvalue weighted by atomic mass is 10.5. The van der Waals surface area contributed by atoms with Gasteiger partial charge in [-0.05, 0) is 0 Å². The Kier molecular flexibility index (Phi) is 2.16. The van der Waals surface area contributed by atoms with Gasteiger partial charge in [-0.1, -0.05) is 10.4 Å². The molecule has 0 amide bonds.